The van der Waals surface area contributed by atoms with Gasteiger partial charge >= 0.3 is 5.97 Å². The van der Waals surface area contributed by atoms with Crippen LogP contribution in [0.5, 0.6) is 0 Å². The van der Waals surface area contributed by atoms with E-state index in [1.807, 2.05) is 36.4 Å². The summed E-state index contributed by atoms with van der Waals surface area (Å²) in [6, 6.07) is 15.2. The highest BCUT2D eigenvalue weighted by atomic mass is 79.9. The highest BCUT2D eigenvalue weighted by Crippen LogP contribution is 2.31. The van der Waals surface area contributed by atoms with Gasteiger partial charge in [0.25, 0.3) is 0 Å². The maximum atomic E-state index is 11.0. The van der Waals surface area contributed by atoms with E-state index in [0.717, 1.165) is 20.9 Å². The van der Waals surface area contributed by atoms with E-state index >= 15 is 0 Å². The normalized spacial score (nSPS) is 10.5. The molecule has 3 rings (SSSR count). The molecule has 0 amide bonds. The molecular formula is C16H11BrN2O2. The van der Waals surface area contributed by atoms with Gasteiger partial charge in [0.1, 0.15) is 5.69 Å². The number of pyridine rings is 1. The van der Waals surface area contributed by atoms with E-state index in [2.05, 4.69) is 26.2 Å². The van der Waals surface area contributed by atoms with Crippen molar-refractivity contribution in [1.82, 2.24) is 4.98 Å². The van der Waals surface area contributed by atoms with Gasteiger partial charge in [-0.05, 0) is 29.7 Å². The van der Waals surface area contributed by atoms with Crippen LogP contribution in [-0.4, -0.2) is 16.1 Å². The van der Waals surface area contributed by atoms with E-state index in [1.54, 1.807) is 6.07 Å². The minimum absolute atomic E-state index is 0.0152. The molecule has 2 aromatic carbocycles. The SMILES string of the molecule is O=C(O)c1cc(Nc2ccc(Br)c3ccccc23)ccn1. The molecule has 104 valence electrons. The van der Waals surface area contributed by atoms with Crippen molar-refractivity contribution in [3.05, 3.63) is 64.9 Å². The quantitative estimate of drug-likeness (QED) is 0.738. The number of carboxylic acids is 1. The number of benzene rings is 2. The smallest absolute Gasteiger partial charge is 0.354 e. The Morgan fingerprint density at radius 2 is 1.86 bits per heavy atom. The molecule has 0 aliphatic rings. The van der Waals surface area contributed by atoms with Gasteiger partial charge in [-0.2, -0.15) is 0 Å². The van der Waals surface area contributed by atoms with Gasteiger partial charge in [-0.15, -0.1) is 0 Å². The molecule has 0 aliphatic heterocycles. The van der Waals surface area contributed by atoms with Crippen LogP contribution in [0.2, 0.25) is 0 Å². The number of hydrogen-bond acceptors (Lipinski definition) is 3. The van der Waals surface area contributed by atoms with Crippen LogP contribution in [0.1, 0.15) is 10.5 Å². The van der Waals surface area contributed by atoms with Crippen molar-refractivity contribution in [2.45, 2.75) is 0 Å². The lowest BCUT2D eigenvalue weighted by molar-refractivity contribution is 0.0690. The van der Waals surface area contributed by atoms with Crippen molar-refractivity contribution in [2.75, 3.05) is 5.32 Å². The van der Waals surface area contributed by atoms with Crippen molar-refractivity contribution in [1.29, 1.82) is 0 Å². The molecule has 0 atom stereocenters. The van der Waals surface area contributed by atoms with Gasteiger partial charge in [0.15, 0.2) is 0 Å². The molecule has 0 saturated heterocycles. The third kappa shape index (κ3) is 2.73. The average molecular weight is 343 g/mol. The fourth-order valence-corrected chi connectivity index (χ4v) is 2.63. The Morgan fingerprint density at radius 1 is 1.10 bits per heavy atom. The number of carboxylic acid groups (broad SMARTS) is 1. The number of rotatable bonds is 3. The Labute approximate surface area is 129 Å². The lowest BCUT2D eigenvalue weighted by Gasteiger charge is -2.11. The molecule has 4 nitrogen and oxygen atoms in total. The lowest BCUT2D eigenvalue weighted by atomic mass is 10.1. The first-order chi connectivity index (χ1) is 10.1. The first-order valence-corrected chi connectivity index (χ1v) is 7.08. The molecule has 21 heavy (non-hydrogen) atoms. The molecule has 0 spiro atoms. The summed E-state index contributed by atoms with van der Waals surface area (Å²) in [5.74, 6) is -1.04. The van der Waals surface area contributed by atoms with Gasteiger partial charge in [0, 0.05) is 27.4 Å². The Hall–Kier alpha value is -2.40. The zero-order valence-electron chi connectivity index (χ0n) is 10.9. The number of aromatic carboxylic acids is 1. The predicted octanol–water partition coefficient (Wildman–Crippen LogP) is 4.44. The Balaban J connectivity index is 2.04. The molecular weight excluding hydrogens is 332 g/mol. The lowest BCUT2D eigenvalue weighted by Crippen LogP contribution is -2.01. The Bertz CT molecular complexity index is 833. The number of nitrogens with one attached hydrogen (secondary N) is 1. The molecule has 0 unspecified atom stereocenters. The maximum absolute atomic E-state index is 11.0. The molecule has 0 saturated carbocycles. The largest absolute Gasteiger partial charge is 0.477 e. The van der Waals surface area contributed by atoms with Gasteiger partial charge in [-0.1, -0.05) is 40.2 Å². The topological polar surface area (TPSA) is 62.2 Å². The number of anilines is 2. The Morgan fingerprint density at radius 3 is 2.62 bits per heavy atom. The minimum atomic E-state index is -1.04. The number of fused-ring (bicyclic) bond motifs is 1. The Kier molecular flexibility index (Phi) is 3.58. The van der Waals surface area contributed by atoms with Crippen LogP contribution in [0.4, 0.5) is 11.4 Å². The first kappa shape index (κ1) is 13.6. The molecule has 0 bridgehead atoms. The highest BCUT2D eigenvalue weighted by molar-refractivity contribution is 9.10. The minimum Gasteiger partial charge on any atom is -0.477 e. The monoisotopic (exact) mass is 342 g/mol. The van der Waals surface area contributed by atoms with Crippen LogP contribution >= 0.6 is 15.9 Å². The molecule has 1 heterocycles. The maximum Gasteiger partial charge on any atom is 0.354 e. The second-order valence-corrected chi connectivity index (χ2v) is 5.35. The van der Waals surface area contributed by atoms with Crippen molar-refractivity contribution in [3.63, 3.8) is 0 Å². The molecule has 0 fully saturated rings. The molecule has 1 aromatic heterocycles. The molecule has 3 aromatic rings. The van der Waals surface area contributed by atoms with Crippen molar-refractivity contribution in [2.24, 2.45) is 0 Å². The molecule has 0 radical (unpaired) electrons. The van der Waals surface area contributed by atoms with Crippen LogP contribution in [0.3, 0.4) is 0 Å². The fraction of sp³-hybridized carbons (Fsp3) is 0. The van der Waals surface area contributed by atoms with Crippen molar-refractivity contribution >= 4 is 44.0 Å². The standard InChI is InChI=1S/C16H11BrN2O2/c17-13-5-6-14(12-4-2-1-3-11(12)13)19-10-7-8-18-15(9-10)16(20)21/h1-9H,(H,18,19)(H,20,21). The van der Waals surface area contributed by atoms with E-state index < -0.39 is 5.97 Å². The van der Waals surface area contributed by atoms with Gasteiger partial charge in [0.05, 0.1) is 0 Å². The summed E-state index contributed by atoms with van der Waals surface area (Å²) in [4.78, 5) is 14.8. The van der Waals surface area contributed by atoms with Gasteiger partial charge in [-0.3, -0.25) is 0 Å². The van der Waals surface area contributed by atoms with E-state index in [4.69, 9.17) is 5.11 Å². The summed E-state index contributed by atoms with van der Waals surface area (Å²) >= 11 is 3.53. The summed E-state index contributed by atoms with van der Waals surface area (Å²) in [5.41, 5.74) is 1.62. The zero-order chi connectivity index (χ0) is 14.8. The second kappa shape index (κ2) is 5.54. The van der Waals surface area contributed by atoms with Crippen LogP contribution in [0, 0.1) is 0 Å². The zero-order valence-corrected chi connectivity index (χ0v) is 12.5. The van der Waals surface area contributed by atoms with Gasteiger partial charge in [0.2, 0.25) is 0 Å². The molecule has 5 heteroatoms. The summed E-state index contributed by atoms with van der Waals surface area (Å²) in [7, 11) is 0. The molecule has 0 aliphatic carbocycles. The van der Waals surface area contributed by atoms with Gasteiger partial charge in [-0.25, -0.2) is 9.78 Å². The van der Waals surface area contributed by atoms with Crippen LogP contribution < -0.4 is 5.32 Å². The third-order valence-corrected chi connectivity index (χ3v) is 3.82. The van der Waals surface area contributed by atoms with Crippen LogP contribution in [0.25, 0.3) is 10.8 Å². The number of halogens is 1. The summed E-state index contributed by atoms with van der Waals surface area (Å²) in [5, 5.41) is 14.4. The third-order valence-electron chi connectivity index (χ3n) is 3.13. The predicted molar refractivity (Wildman–Crippen MR) is 86.1 cm³/mol. The van der Waals surface area contributed by atoms with E-state index in [0.29, 0.717) is 5.69 Å². The summed E-state index contributed by atoms with van der Waals surface area (Å²) in [6.45, 7) is 0. The second-order valence-electron chi connectivity index (χ2n) is 4.50. The van der Waals surface area contributed by atoms with Crippen molar-refractivity contribution < 1.29 is 9.90 Å². The number of carbonyl (C=O) groups is 1. The highest BCUT2D eigenvalue weighted by Gasteiger charge is 2.07. The summed E-state index contributed by atoms with van der Waals surface area (Å²) < 4.78 is 1.02. The van der Waals surface area contributed by atoms with Crippen LogP contribution in [-0.2, 0) is 0 Å². The van der Waals surface area contributed by atoms with Crippen molar-refractivity contribution in [3.8, 4) is 0 Å². The first-order valence-electron chi connectivity index (χ1n) is 6.29. The van der Waals surface area contributed by atoms with E-state index in [-0.39, 0.29) is 5.69 Å². The fourth-order valence-electron chi connectivity index (χ4n) is 2.15. The van der Waals surface area contributed by atoms with Gasteiger partial charge < -0.3 is 10.4 Å². The molecule has 2 N–H and O–H groups in total. The number of nitrogens with zero attached hydrogens (tertiary/aromatic N) is 1. The number of hydrogen-bond donors (Lipinski definition) is 2. The summed E-state index contributed by atoms with van der Waals surface area (Å²) in [6.07, 6.45) is 1.48. The average Bonchev–Trinajstić information content (AvgIpc) is 2.51. The van der Waals surface area contributed by atoms with E-state index in [1.165, 1.54) is 12.3 Å². The van der Waals surface area contributed by atoms with Crippen LogP contribution in [0.15, 0.2) is 59.2 Å². The number of aromatic nitrogens is 1. The van der Waals surface area contributed by atoms with E-state index in [9.17, 15) is 4.79 Å².